The summed E-state index contributed by atoms with van der Waals surface area (Å²) in [5.41, 5.74) is -8.64. The highest BCUT2D eigenvalue weighted by Crippen LogP contribution is 2.46. The molecule has 39 heavy (non-hydrogen) atoms. The largest absolute Gasteiger partial charge is 0.466 e. The van der Waals surface area contributed by atoms with Crippen LogP contribution in [0.1, 0.15) is 23.7 Å². The third kappa shape index (κ3) is 6.87. The molecule has 0 saturated carbocycles. The summed E-state index contributed by atoms with van der Waals surface area (Å²) in [5.74, 6) is -2.73. The standard InChI is InChI=1S/C21H16BrClF9N3O4/c1-4-6-34-15(36)13(23)14(21(30,31)32)33-18(34)35(16(39-5-2)17(37)38-3)11-8-9(19(24,25)26)7-10(12(11)22)20(27,28)29/h4,7-8,16H,1,5-6H2,2-3H3. The predicted octanol–water partition coefficient (Wildman–Crippen LogP) is 6.58. The highest BCUT2D eigenvalue weighted by Gasteiger charge is 2.44. The predicted molar refractivity (Wildman–Crippen MR) is 122 cm³/mol. The third-order valence-electron chi connectivity index (χ3n) is 4.80. The van der Waals surface area contributed by atoms with Gasteiger partial charge in [-0.3, -0.25) is 14.3 Å². The van der Waals surface area contributed by atoms with Gasteiger partial charge in [-0.1, -0.05) is 17.7 Å². The van der Waals surface area contributed by atoms with Crippen molar-refractivity contribution in [1.82, 2.24) is 9.55 Å². The lowest BCUT2D eigenvalue weighted by molar-refractivity contribution is -0.153. The van der Waals surface area contributed by atoms with Crippen molar-refractivity contribution >= 4 is 45.1 Å². The van der Waals surface area contributed by atoms with E-state index >= 15 is 0 Å². The van der Waals surface area contributed by atoms with Crippen LogP contribution in [0, 0.1) is 0 Å². The van der Waals surface area contributed by atoms with Crippen LogP contribution in [0.4, 0.5) is 51.1 Å². The van der Waals surface area contributed by atoms with E-state index in [1.54, 1.807) is 0 Å². The maximum Gasteiger partial charge on any atom is 0.435 e. The number of nitrogens with zero attached hydrogens (tertiary/aromatic N) is 3. The second-order valence-electron chi connectivity index (χ2n) is 7.33. The van der Waals surface area contributed by atoms with E-state index in [1.807, 2.05) is 0 Å². The average molecular weight is 661 g/mol. The fourth-order valence-electron chi connectivity index (χ4n) is 3.19. The molecule has 1 aromatic heterocycles. The van der Waals surface area contributed by atoms with E-state index in [9.17, 15) is 49.1 Å². The normalized spacial score (nSPS) is 13.3. The molecule has 0 aliphatic rings. The molecule has 1 unspecified atom stereocenters. The van der Waals surface area contributed by atoms with Crippen molar-refractivity contribution in [3.05, 3.63) is 61.5 Å². The van der Waals surface area contributed by atoms with Crippen molar-refractivity contribution in [3.8, 4) is 0 Å². The fourth-order valence-corrected chi connectivity index (χ4v) is 4.08. The Morgan fingerprint density at radius 2 is 1.74 bits per heavy atom. The average Bonchev–Trinajstić information content (AvgIpc) is 2.80. The maximum atomic E-state index is 13.8. The molecule has 1 atom stereocenters. The number of carbonyl (C=O) groups excluding carboxylic acids is 1. The minimum absolute atomic E-state index is 0.0978. The first kappa shape index (κ1) is 32.4. The maximum absolute atomic E-state index is 13.8. The zero-order valence-corrected chi connectivity index (χ0v) is 21.9. The second-order valence-corrected chi connectivity index (χ2v) is 8.50. The van der Waals surface area contributed by atoms with Crippen LogP contribution in [0.15, 0.2) is 34.1 Å². The van der Waals surface area contributed by atoms with Crippen LogP contribution < -0.4 is 10.5 Å². The van der Waals surface area contributed by atoms with Crippen LogP contribution in [0.25, 0.3) is 0 Å². The lowest BCUT2D eigenvalue weighted by atomic mass is 10.1. The van der Waals surface area contributed by atoms with E-state index in [2.05, 4.69) is 32.2 Å². The monoisotopic (exact) mass is 659 g/mol. The van der Waals surface area contributed by atoms with Crippen molar-refractivity contribution in [1.29, 1.82) is 0 Å². The molecule has 0 spiro atoms. The van der Waals surface area contributed by atoms with Crippen LogP contribution >= 0.6 is 27.5 Å². The number of methoxy groups -OCH3 is 1. The molecule has 0 aliphatic heterocycles. The van der Waals surface area contributed by atoms with Gasteiger partial charge in [-0.2, -0.15) is 39.5 Å². The van der Waals surface area contributed by atoms with Gasteiger partial charge in [0.25, 0.3) is 5.56 Å². The Balaban J connectivity index is 3.25. The number of ether oxygens (including phenoxy) is 2. The minimum Gasteiger partial charge on any atom is -0.466 e. The fraction of sp³-hybridized carbons (Fsp3) is 0.381. The SMILES string of the molecule is C=CCn1c(N(c2cc(C(F)(F)F)cc(C(F)(F)F)c2Br)C(OCC)C(=O)OC)nc(C(F)(F)F)c(Cl)c1=O. The second kappa shape index (κ2) is 11.8. The number of benzene rings is 1. The van der Waals surface area contributed by atoms with E-state index in [4.69, 9.17) is 16.3 Å². The number of esters is 1. The Hall–Kier alpha value is -2.79. The molecule has 0 N–H and O–H groups in total. The van der Waals surface area contributed by atoms with E-state index in [0.717, 1.165) is 13.2 Å². The van der Waals surface area contributed by atoms with Crippen LogP contribution in [-0.4, -0.2) is 35.5 Å². The molecule has 7 nitrogen and oxygen atoms in total. The molecule has 0 bridgehead atoms. The molecule has 18 heteroatoms. The topological polar surface area (TPSA) is 73.7 Å². The molecule has 2 aromatic rings. The van der Waals surface area contributed by atoms with E-state index in [0.29, 0.717) is 4.57 Å². The molecule has 0 radical (unpaired) electrons. The summed E-state index contributed by atoms with van der Waals surface area (Å²) in [6, 6.07) is -0.159. The first-order chi connectivity index (χ1) is 17.8. The number of halogens is 11. The van der Waals surface area contributed by atoms with Crippen LogP contribution in [0.3, 0.4) is 0 Å². The highest BCUT2D eigenvalue weighted by molar-refractivity contribution is 9.10. The van der Waals surface area contributed by atoms with Crippen molar-refractivity contribution in [3.63, 3.8) is 0 Å². The van der Waals surface area contributed by atoms with Crippen molar-refractivity contribution in [2.24, 2.45) is 0 Å². The molecule has 216 valence electrons. The number of aromatic nitrogens is 2. The van der Waals surface area contributed by atoms with Gasteiger partial charge in [-0.05, 0) is 35.0 Å². The van der Waals surface area contributed by atoms with Crippen LogP contribution in [0.5, 0.6) is 0 Å². The van der Waals surface area contributed by atoms with Crippen LogP contribution in [-0.2, 0) is 39.3 Å². The Kier molecular flexibility index (Phi) is 9.77. The van der Waals surface area contributed by atoms with Gasteiger partial charge in [-0.25, -0.2) is 9.78 Å². The summed E-state index contributed by atoms with van der Waals surface area (Å²) in [4.78, 5) is 28.9. The minimum atomic E-state index is -5.43. The smallest absolute Gasteiger partial charge is 0.435 e. The third-order valence-corrected chi connectivity index (χ3v) is 5.97. The first-order valence-corrected chi connectivity index (χ1v) is 11.4. The molecular formula is C21H16BrClF9N3O4. The summed E-state index contributed by atoms with van der Waals surface area (Å²) >= 11 is 8.12. The van der Waals surface area contributed by atoms with Crippen molar-refractivity contribution in [2.45, 2.75) is 38.2 Å². The highest BCUT2D eigenvalue weighted by atomic mass is 79.9. The number of hydrogen-bond acceptors (Lipinski definition) is 6. The van der Waals surface area contributed by atoms with Crippen molar-refractivity contribution in [2.75, 3.05) is 18.6 Å². The molecule has 0 aliphatic carbocycles. The number of alkyl halides is 9. The molecule has 0 fully saturated rings. The Morgan fingerprint density at radius 3 is 2.18 bits per heavy atom. The summed E-state index contributed by atoms with van der Waals surface area (Å²) in [7, 11) is 0.766. The van der Waals surface area contributed by atoms with Gasteiger partial charge >= 0.3 is 24.5 Å². The van der Waals surface area contributed by atoms with Gasteiger partial charge < -0.3 is 9.47 Å². The Morgan fingerprint density at radius 1 is 1.15 bits per heavy atom. The lowest BCUT2D eigenvalue weighted by Gasteiger charge is -2.34. The van der Waals surface area contributed by atoms with E-state index in [1.165, 1.54) is 6.92 Å². The van der Waals surface area contributed by atoms with E-state index < -0.39 is 87.4 Å². The number of carbonyl (C=O) groups is 1. The van der Waals surface area contributed by atoms with E-state index in [-0.39, 0.29) is 17.0 Å². The Bertz CT molecular complexity index is 1310. The molecular weight excluding hydrogens is 645 g/mol. The molecule has 0 saturated heterocycles. The summed E-state index contributed by atoms with van der Waals surface area (Å²) in [6.07, 6.45) is -17.6. The number of allylic oxidation sites excluding steroid dienone is 1. The molecule has 1 heterocycles. The summed E-state index contributed by atoms with van der Waals surface area (Å²) in [6.45, 7) is 3.42. The molecule has 2 rings (SSSR count). The van der Waals surface area contributed by atoms with Gasteiger partial charge in [0.2, 0.25) is 12.2 Å². The van der Waals surface area contributed by atoms with Gasteiger partial charge in [0, 0.05) is 13.2 Å². The van der Waals surface area contributed by atoms with Crippen LogP contribution in [0.2, 0.25) is 5.02 Å². The molecule has 0 amide bonds. The van der Waals surface area contributed by atoms with Gasteiger partial charge in [0.05, 0.1) is 28.4 Å². The molecule has 1 aromatic carbocycles. The van der Waals surface area contributed by atoms with Gasteiger partial charge in [0.15, 0.2) is 5.69 Å². The number of anilines is 2. The zero-order chi connectivity index (χ0) is 30.1. The number of hydrogen-bond donors (Lipinski definition) is 0. The number of rotatable bonds is 8. The lowest BCUT2D eigenvalue weighted by Crippen LogP contribution is -2.45. The Labute approximate surface area is 226 Å². The zero-order valence-electron chi connectivity index (χ0n) is 19.6. The van der Waals surface area contributed by atoms with Gasteiger partial charge in [0.1, 0.15) is 5.02 Å². The quantitative estimate of drug-likeness (QED) is 0.138. The summed E-state index contributed by atoms with van der Waals surface area (Å²) < 4.78 is 132. The first-order valence-electron chi connectivity index (χ1n) is 10.3. The summed E-state index contributed by atoms with van der Waals surface area (Å²) in [5, 5.41) is -1.46. The van der Waals surface area contributed by atoms with Gasteiger partial charge in [-0.15, -0.1) is 6.58 Å². The van der Waals surface area contributed by atoms with Crippen molar-refractivity contribution < 1.29 is 53.8 Å².